The summed E-state index contributed by atoms with van der Waals surface area (Å²) < 4.78 is 14.9. The van der Waals surface area contributed by atoms with Crippen molar-refractivity contribution in [1.29, 1.82) is 0 Å². The number of hydrogen-bond donors (Lipinski definition) is 0. The third-order valence-electron chi connectivity index (χ3n) is 5.50. The van der Waals surface area contributed by atoms with Gasteiger partial charge in [0, 0.05) is 11.1 Å². The molecule has 28 heavy (non-hydrogen) atoms. The van der Waals surface area contributed by atoms with Crippen LogP contribution in [0.15, 0.2) is 54.7 Å². The fourth-order valence-electron chi connectivity index (χ4n) is 3.91. The number of methoxy groups -OCH3 is 2. The van der Waals surface area contributed by atoms with Gasteiger partial charge in [0.1, 0.15) is 17.7 Å². The van der Waals surface area contributed by atoms with Crippen LogP contribution in [-0.4, -0.2) is 24.6 Å². The Hall–Kier alpha value is -3.08. The first-order chi connectivity index (χ1) is 13.6. The molecule has 3 aromatic rings. The molecule has 0 radical (unpaired) electrons. The van der Waals surface area contributed by atoms with E-state index in [9.17, 15) is 4.79 Å². The van der Waals surface area contributed by atoms with Crippen molar-refractivity contribution in [3.8, 4) is 22.8 Å². The number of ether oxygens (including phenoxy) is 2. The average Bonchev–Trinajstić information content (AvgIpc) is 3.36. The molecule has 144 valence electrons. The van der Waals surface area contributed by atoms with Gasteiger partial charge in [0.2, 0.25) is 5.78 Å². The van der Waals surface area contributed by atoms with Gasteiger partial charge in [0.05, 0.1) is 27.2 Å². The van der Waals surface area contributed by atoms with Crippen molar-refractivity contribution in [3.63, 3.8) is 0 Å². The Morgan fingerprint density at radius 2 is 1.61 bits per heavy atom. The molecule has 1 aromatic heterocycles. The van der Waals surface area contributed by atoms with E-state index in [1.54, 1.807) is 14.2 Å². The summed E-state index contributed by atoms with van der Waals surface area (Å²) in [5, 5.41) is 0. The summed E-state index contributed by atoms with van der Waals surface area (Å²) in [6.45, 7) is 2.96. The lowest BCUT2D eigenvalue weighted by Crippen LogP contribution is -2.44. The second-order valence-electron chi connectivity index (χ2n) is 7.09. The Bertz CT molecular complexity index is 988. The van der Waals surface area contributed by atoms with Crippen LogP contribution < -0.4 is 14.0 Å². The molecule has 0 aliphatic carbocycles. The molecule has 2 aromatic carbocycles. The van der Waals surface area contributed by atoms with Gasteiger partial charge < -0.3 is 9.47 Å². The van der Waals surface area contributed by atoms with Crippen molar-refractivity contribution in [2.75, 3.05) is 14.2 Å². The molecular formula is C23H25N2O3+. The highest BCUT2D eigenvalue weighted by molar-refractivity contribution is 5.97. The van der Waals surface area contributed by atoms with Gasteiger partial charge in [-0.1, -0.05) is 0 Å². The van der Waals surface area contributed by atoms with Gasteiger partial charge in [-0.25, -0.2) is 9.13 Å². The first-order valence-electron chi connectivity index (χ1n) is 9.58. The maximum atomic E-state index is 13.1. The van der Waals surface area contributed by atoms with E-state index < -0.39 is 0 Å². The molecule has 0 bridgehead atoms. The number of rotatable bonds is 6. The van der Waals surface area contributed by atoms with Gasteiger partial charge in [-0.15, -0.1) is 0 Å². The second kappa shape index (κ2) is 7.50. The van der Waals surface area contributed by atoms with Gasteiger partial charge in [-0.2, -0.15) is 0 Å². The van der Waals surface area contributed by atoms with Gasteiger partial charge >= 0.3 is 0 Å². The monoisotopic (exact) mass is 377 g/mol. The van der Waals surface area contributed by atoms with Crippen molar-refractivity contribution in [2.45, 2.75) is 32.4 Å². The zero-order valence-corrected chi connectivity index (χ0v) is 16.5. The lowest BCUT2D eigenvalue weighted by molar-refractivity contribution is -0.710. The van der Waals surface area contributed by atoms with Crippen LogP contribution in [0.5, 0.6) is 11.5 Å². The average molecular weight is 377 g/mol. The molecule has 0 saturated carbocycles. The summed E-state index contributed by atoms with van der Waals surface area (Å²) in [4.78, 5) is 13.1. The fraction of sp³-hybridized carbons (Fsp3) is 0.304. The number of ketones is 1. The Kier molecular flexibility index (Phi) is 4.90. The highest BCUT2D eigenvalue weighted by atomic mass is 16.5. The predicted molar refractivity (Wildman–Crippen MR) is 107 cm³/mol. The maximum Gasteiger partial charge on any atom is 0.257 e. The number of hydrogen-bond acceptors (Lipinski definition) is 3. The van der Waals surface area contributed by atoms with Crippen molar-refractivity contribution >= 4 is 5.78 Å². The molecular weight excluding hydrogens is 352 g/mol. The molecule has 0 fully saturated rings. The van der Waals surface area contributed by atoms with Crippen LogP contribution in [0.2, 0.25) is 0 Å². The molecule has 1 atom stereocenters. The molecule has 5 heteroatoms. The molecule has 0 spiro atoms. The standard InChI is InChI=1S/C23H25N2O3/c1-16(23(26)18-8-12-20(28-3)13-9-18)25-15-21(24-14-4-5-22(24)25)17-6-10-19(27-2)11-7-17/h6-13,15-16H,4-5,14H2,1-3H3/q+1/t16-/m0/s1. The molecule has 0 saturated heterocycles. The van der Waals surface area contributed by atoms with Crippen LogP contribution in [0, 0.1) is 0 Å². The van der Waals surface area contributed by atoms with Crippen LogP contribution in [-0.2, 0) is 13.0 Å². The quantitative estimate of drug-likeness (QED) is 0.484. The Balaban J connectivity index is 1.68. The van der Waals surface area contributed by atoms with Crippen molar-refractivity contribution in [1.82, 2.24) is 4.57 Å². The number of aromatic nitrogens is 2. The van der Waals surface area contributed by atoms with Crippen molar-refractivity contribution in [2.24, 2.45) is 0 Å². The Morgan fingerprint density at radius 1 is 1.00 bits per heavy atom. The van der Waals surface area contributed by atoms with Crippen LogP contribution >= 0.6 is 0 Å². The molecule has 2 heterocycles. The zero-order chi connectivity index (χ0) is 19.7. The van der Waals surface area contributed by atoms with Crippen LogP contribution in [0.1, 0.15) is 35.6 Å². The second-order valence-corrected chi connectivity index (χ2v) is 7.09. The van der Waals surface area contributed by atoms with Crippen LogP contribution in [0.4, 0.5) is 0 Å². The van der Waals surface area contributed by atoms with E-state index in [1.807, 2.05) is 43.3 Å². The maximum absolute atomic E-state index is 13.1. The Labute approximate surface area is 165 Å². The molecule has 5 nitrogen and oxygen atoms in total. The van der Waals surface area contributed by atoms with Crippen molar-refractivity contribution < 1.29 is 18.8 Å². The van der Waals surface area contributed by atoms with Gasteiger partial charge in [0.25, 0.3) is 5.82 Å². The molecule has 0 unspecified atom stereocenters. The zero-order valence-electron chi connectivity index (χ0n) is 16.5. The smallest absolute Gasteiger partial charge is 0.257 e. The summed E-state index contributed by atoms with van der Waals surface area (Å²) in [7, 11) is 3.30. The number of nitrogens with zero attached hydrogens (tertiary/aromatic N) is 2. The number of benzene rings is 2. The normalized spacial score (nSPS) is 13.8. The van der Waals surface area contributed by atoms with E-state index in [0.717, 1.165) is 42.1 Å². The highest BCUT2D eigenvalue weighted by Gasteiger charge is 2.33. The summed E-state index contributed by atoms with van der Waals surface area (Å²) in [5.74, 6) is 2.91. The first-order valence-corrected chi connectivity index (χ1v) is 9.58. The lowest BCUT2D eigenvalue weighted by atomic mass is 10.0. The minimum absolute atomic E-state index is 0.106. The molecule has 1 aliphatic rings. The predicted octanol–water partition coefficient (Wildman–Crippen LogP) is 3.85. The van der Waals surface area contributed by atoms with E-state index >= 15 is 0 Å². The minimum Gasteiger partial charge on any atom is -0.497 e. The van der Waals surface area contributed by atoms with Gasteiger partial charge in [-0.3, -0.25) is 4.79 Å². The molecule has 4 rings (SSSR count). The number of imidazole rings is 1. The van der Waals surface area contributed by atoms with E-state index in [4.69, 9.17) is 9.47 Å². The van der Waals surface area contributed by atoms with E-state index in [1.165, 1.54) is 5.82 Å². The van der Waals surface area contributed by atoms with E-state index in [0.29, 0.717) is 5.56 Å². The van der Waals surface area contributed by atoms with E-state index in [2.05, 4.69) is 27.5 Å². The lowest BCUT2D eigenvalue weighted by Gasteiger charge is -2.09. The minimum atomic E-state index is -0.264. The summed E-state index contributed by atoms with van der Waals surface area (Å²) in [5.41, 5.74) is 2.97. The third-order valence-corrected chi connectivity index (χ3v) is 5.50. The number of Topliss-reactive ketones (excluding diaryl/α,β-unsaturated/α-hetero) is 1. The summed E-state index contributed by atoms with van der Waals surface area (Å²) >= 11 is 0. The third kappa shape index (κ3) is 3.17. The number of carbonyl (C=O) groups is 1. The van der Waals surface area contributed by atoms with Crippen LogP contribution in [0.3, 0.4) is 0 Å². The van der Waals surface area contributed by atoms with Crippen molar-refractivity contribution in [3.05, 3.63) is 66.1 Å². The SMILES string of the molecule is COc1ccc(C(=O)[C@H](C)[n+]2cc(-c3ccc(OC)cc3)n3c2CCC3)cc1. The first kappa shape index (κ1) is 18.3. The van der Waals surface area contributed by atoms with Gasteiger partial charge in [-0.05, 0) is 61.9 Å². The molecule has 0 amide bonds. The molecule has 0 N–H and O–H groups in total. The molecule has 1 aliphatic heterocycles. The summed E-state index contributed by atoms with van der Waals surface area (Å²) in [6, 6.07) is 15.1. The van der Waals surface area contributed by atoms with Crippen LogP contribution in [0.25, 0.3) is 11.3 Å². The van der Waals surface area contributed by atoms with E-state index in [-0.39, 0.29) is 11.8 Å². The van der Waals surface area contributed by atoms with Gasteiger partial charge in [0.15, 0.2) is 11.7 Å². The number of fused-ring (bicyclic) bond motifs is 1. The summed E-state index contributed by atoms with van der Waals surface area (Å²) in [6.07, 6.45) is 4.20. The largest absolute Gasteiger partial charge is 0.497 e. The Morgan fingerprint density at radius 3 is 2.21 bits per heavy atom. The number of carbonyl (C=O) groups excluding carboxylic acids is 1. The topological polar surface area (TPSA) is 44.3 Å². The highest BCUT2D eigenvalue weighted by Crippen LogP contribution is 2.28. The fourth-order valence-corrected chi connectivity index (χ4v) is 3.91.